The number of hydrogen-bond acceptors (Lipinski definition) is 4. The van der Waals surface area contributed by atoms with E-state index in [2.05, 4.69) is 48.0 Å². The number of rotatable bonds is 4. The first-order valence-corrected chi connectivity index (χ1v) is 6.92. The molecule has 1 aromatic heterocycles. The third kappa shape index (κ3) is 3.09. The van der Waals surface area contributed by atoms with E-state index in [1.165, 1.54) is 0 Å². The summed E-state index contributed by atoms with van der Waals surface area (Å²) in [5.41, 5.74) is 0. The topological polar surface area (TPSA) is 46.0 Å². The average Bonchev–Trinajstić information content (AvgIpc) is 2.77. The van der Waals surface area contributed by atoms with Crippen LogP contribution in [0.5, 0.6) is 0 Å². The third-order valence-corrected chi connectivity index (χ3v) is 3.60. The summed E-state index contributed by atoms with van der Waals surface area (Å²) in [5, 5.41) is 7.88. The lowest BCUT2D eigenvalue weighted by Gasteiger charge is -2.35. The molecule has 0 aliphatic carbocycles. The minimum Gasteiger partial charge on any atom is -0.311 e. The lowest BCUT2D eigenvalue weighted by Crippen LogP contribution is -2.52. The maximum Gasteiger partial charge on any atom is 0.141 e. The number of nitrogens with zero attached hydrogens (tertiary/aromatic N) is 4. The van der Waals surface area contributed by atoms with Crippen LogP contribution in [-0.2, 0) is 6.54 Å². The van der Waals surface area contributed by atoms with Gasteiger partial charge in [-0.2, -0.15) is 5.10 Å². The summed E-state index contributed by atoms with van der Waals surface area (Å²) in [6.45, 7) is 13.0. The standard InChI is InChI=1S/C13H25N5/c1-10(2)12-7-17(6-5-14-12)8-13-15-9-16-18(13)11(3)4/h9-12,14H,5-8H2,1-4H3. The zero-order chi connectivity index (χ0) is 13.1. The van der Waals surface area contributed by atoms with Gasteiger partial charge >= 0.3 is 0 Å². The van der Waals surface area contributed by atoms with Crippen LogP contribution in [0.2, 0.25) is 0 Å². The normalized spacial score (nSPS) is 22.0. The van der Waals surface area contributed by atoms with Crippen molar-refractivity contribution in [2.24, 2.45) is 5.92 Å². The molecule has 1 unspecified atom stereocenters. The van der Waals surface area contributed by atoms with Crippen molar-refractivity contribution in [3.05, 3.63) is 12.2 Å². The highest BCUT2D eigenvalue weighted by atomic mass is 15.4. The molecule has 1 saturated heterocycles. The van der Waals surface area contributed by atoms with Crippen LogP contribution >= 0.6 is 0 Å². The zero-order valence-electron chi connectivity index (χ0n) is 11.9. The molecule has 0 amide bonds. The minimum atomic E-state index is 0.381. The van der Waals surface area contributed by atoms with Gasteiger partial charge in [-0.1, -0.05) is 13.8 Å². The molecule has 18 heavy (non-hydrogen) atoms. The first-order chi connectivity index (χ1) is 8.58. The molecule has 0 radical (unpaired) electrons. The molecule has 1 aromatic rings. The highest BCUT2D eigenvalue weighted by molar-refractivity contribution is 4.89. The van der Waals surface area contributed by atoms with Crippen molar-refractivity contribution in [3.8, 4) is 0 Å². The fourth-order valence-electron chi connectivity index (χ4n) is 2.45. The molecule has 1 aliphatic heterocycles. The maximum absolute atomic E-state index is 4.39. The Morgan fingerprint density at radius 3 is 2.83 bits per heavy atom. The first kappa shape index (κ1) is 13.5. The second kappa shape index (κ2) is 5.80. The molecule has 2 rings (SSSR count). The quantitative estimate of drug-likeness (QED) is 0.876. The second-order valence-electron chi connectivity index (χ2n) is 5.75. The molecule has 0 bridgehead atoms. The molecular formula is C13H25N5. The molecule has 5 heteroatoms. The molecule has 1 fully saturated rings. The van der Waals surface area contributed by atoms with E-state index in [0.29, 0.717) is 18.0 Å². The van der Waals surface area contributed by atoms with Gasteiger partial charge in [0.05, 0.1) is 6.54 Å². The van der Waals surface area contributed by atoms with E-state index in [1.54, 1.807) is 6.33 Å². The largest absolute Gasteiger partial charge is 0.311 e. The van der Waals surface area contributed by atoms with E-state index >= 15 is 0 Å². The van der Waals surface area contributed by atoms with Crippen molar-refractivity contribution in [3.63, 3.8) is 0 Å². The lowest BCUT2D eigenvalue weighted by atomic mass is 10.0. The average molecular weight is 251 g/mol. The summed E-state index contributed by atoms with van der Waals surface area (Å²) in [4.78, 5) is 6.87. The Hall–Kier alpha value is -0.940. The van der Waals surface area contributed by atoms with Gasteiger partial charge in [-0.25, -0.2) is 9.67 Å². The van der Waals surface area contributed by atoms with Crippen LogP contribution in [-0.4, -0.2) is 45.3 Å². The Balaban J connectivity index is 1.98. The van der Waals surface area contributed by atoms with Crippen molar-refractivity contribution in [2.45, 2.75) is 46.3 Å². The Labute approximate surface area is 110 Å². The lowest BCUT2D eigenvalue weighted by molar-refractivity contribution is 0.162. The summed E-state index contributed by atoms with van der Waals surface area (Å²) in [5.74, 6) is 1.75. The van der Waals surface area contributed by atoms with Crippen molar-refractivity contribution < 1.29 is 0 Å². The number of aromatic nitrogens is 3. The van der Waals surface area contributed by atoms with Crippen molar-refractivity contribution in [2.75, 3.05) is 19.6 Å². The second-order valence-corrected chi connectivity index (χ2v) is 5.75. The SMILES string of the molecule is CC(C)C1CN(Cc2ncnn2C(C)C)CCN1. The monoisotopic (exact) mass is 251 g/mol. The van der Waals surface area contributed by atoms with E-state index in [4.69, 9.17) is 0 Å². The van der Waals surface area contributed by atoms with Crippen LogP contribution in [0.4, 0.5) is 0 Å². The van der Waals surface area contributed by atoms with Crippen LogP contribution in [0.15, 0.2) is 6.33 Å². The van der Waals surface area contributed by atoms with Crippen LogP contribution in [0, 0.1) is 5.92 Å². The molecule has 102 valence electrons. The summed E-state index contributed by atoms with van der Waals surface area (Å²) in [6.07, 6.45) is 1.66. The molecule has 1 aliphatic rings. The number of piperazine rings is 1. The molecule has 0 spiro atoms. The fraction of sp³-hybridized carbons (Fsp3) is 0.846. The van der Waals surface area contributed by atoms with Crippen LogP contribution in [0.1, 0.15) is 39.6 Å². The van der Waals surface area contributed by atoms with Gasteiger partial charge in [0, 0.05) is 31.7 Å². The Morgan fingerprint density at radius 2 is 2.17 bits per heavy atom. The number of hydrogen-bond donors (Lipinski definition) is 1. The zero-order valence-corrected chi connectivity index (χ0v) is 11.9. The van der Waals surface area contributed by atoms with Crippen LogP contribution in [0.3, 0.4) is 0 Å². The molecule has 2 heterocycles. The Morgan fingerprint density at radius 1 is 1.39 bits per heavy atom. The van der Waals surface area contributed by atoms with Crippen molar-refractivity contribution in [1.82, 2.24) is 25.0 Å². The molecule has 0 aromatic carbocycles. The van der Waals surface area contributed by atoms with Gasteiger partial charge < -0.3 is 5.32 Å². The van der Waals surface area contributed by atoms with E-state index in [0.717, 1.165) is 32.0 Å². The summed E-state index contributed by atoms with van der Waals surface area (Å²) in [6, 6.07) is 0.973. The molecule has 5 nitrogen and oxygen atoms in total. The molecular weight excluding hydrogens is 226 g/mol. The minimum absolute atomic E-state index is 0.381. The van der Waals surface area contributed by atoms with Gasteiger partial charge in [0.1, 0.15) is 12.2 Å². The van der Waals surface area contributed by atoms with Gasteiger partial charge in [-0.3, -0.25) is 4.90 Å². The summed E-state index contributed by atoms with van der Waals surface area (Å²) >= 11 is 0. The van der Waals surface area contributed by atoms with Crippen molar-refractivity contribution >= 4 is 0 Å². The van der Waals surface area contributed by atoms with Crippen molar-refractivity contribution in [1.29, 1.82) is 0 Å². The predicted molar refractivity (Wildman–Crippen MR) is 72.3 cm³/mol. The summed E-state index contributed by atoms with van der Waals surface area (Å²) < 4.78 is 2.02. The van der Waals surface area contributed by atoms with E-state index < -0.39 is 0 Å². The van der Waals surface area contributed by atoms with Gasteiger partial charge in [-0.05, 0) is 19.8 Å². The van der Waals surface area contributed by atoms with E-state index in [1.807, 2.05) is 4.68 Å². The number of nitrogens with one attached hydrogen (secondary N) is 1. The van der Waals surface area contributed by atoms with Gasteiger partial charge in [0.15, 0.2) is 0 Å². The van der Waals surface area contributed by atoms with Gasteiger partial charge in [0.25, 0.3) is 0 Å². The molecule has 1 atom stereocenters. The van der Waals surface area contributed by atoms with Gasteiger partial charge in [-0.15, -0.1) is 0 Å². The fourth-order valence-corrected chi connectivity index (χ4v) is 2.45. The van der Waals surface area contributed by atoms with Gasteiger partial charge in [0.2, 0.25) is 0 Å². The van der Waals surface area contributed by atoms with E-state index in [9.17, 15) is 0 Å². The Bertz CT molecular complexity index is 371. The maximum atomic E-state index is 4.39. The van der Waals surface area contributed by atoms with Crippen LogP contribution < -0.4 is 5.32 Å². The van der Waals surface area contributed by atoms with Crippen LogP contribution in [0.25, 0.3) is 0 Å². The van der Waals surface area contributed by atoms with E-state index in [-0.39, 0.29) is 0 Å². The highest BCUT2D eigenvalue weighted by Crippen LogP contribution is 2.12. The molecule has 1 N–H and O–H groups in total. The third-order valence-electron chi connectivity index (χ3n) is 3.60. The Kier molecular flexibility index (Phi) is 4.35. The first-order valence-electron chi connectivity index (χ1n) is 6.92. The summed E-state index contributed by atoms with van der Waals surface area (Å²) in [7, 11) is 0. The predicted octanol–water partition coefficient (Wildman–Crippen LogP) is 1.29. The highest BCUT2D eigenvalue weighted by Gasteiger charge is 2.23. The smallest absolute Gasteiger partial charge is 0.141 e. The molecule has 0 saturated carbocycles.